The molecule has 7 heteroatoms. The number of carbonyl (C=O) groups excluding carboxylic acids is 1. The van der Waals surface area contributed by atoms with Gasteiger partial charge in [-0.3, -0.25) is 15.6 Å². The first-order chi connectivity index (χ1) is 11.6. The molecule has 1 amide bonds. The summed E-state index contributed by atoms with van der Waals surface area (Å²) in [6.45, 7) is 3.66. The predicted molar refractivity (Wildman–Crippen MR) is 95.1 cm³/mol. The van der Waals surface area contributed by atoms with Gasteiger partial charge in [-0.05, 0) is 55.6 Å². The Morgan fingerprint density at radius 2 is 2.25 bits per heavy atom. The second-order valence-corrected chi connectivity index (χ2v) is 6.76. The van der Waals surface area contributed by atoms with Crippen molar-refractivity contribution in [2.45, 2.75) is 38.2 Å². The van der Waals surface area contributed by atoms with Gasteiger partial charge in [0.2, 0.25) is 0 Å². The van der Waals surface area contributed by atoms with Crippen molar-refractivity contribution in [3.63, 3.8) is 0 Å². The van der Waals surface area contributed by atoms with E-state index in [0.29, 0.717) is 29.3 Å². The molecule has 1 saturated heterocycles. The third kappa shape index (κ3) is 4.82. The van der Waals surface area contributed by atoms with Crippen LogP contribution >= 0.6 is 12.2 Å². The summed E-state index contributed by atoms with van der Waals surface area (Å²) in [5, 5.41) is 3.39. The molecule has 0 aromatic carbocycles. The van der Waals surface area contributed by atoms with Crippen LogP contribution in [0.5, 0.6) is 0 Å². The smallest absolute Gasteiger partial charge is 0.262 e. The van der Waals surface area contributed by atoms with Gasteiger partial charge in [-0.15, -0.1) is 0 Å². The summed E-state index contributed by atoms with van der Waals surface area (Å²) < 4.78 is 11.2. The number of hydrogen-bond donors (Lipinski definition) is 3. The third-order valence-electron chi connectivity index (χ3n) is 4.33. The van der Waals surface area contributed by atoms with E-state index in [-0.39, 0.29) is 12.0 Å². The fourth-order valence-corrected chi connectivity index (χ4v) is 2.88. The Labute approximate surface area is 147 Å². The number of rotatable bonds is 5. The van der Waals surface area contributed by atoms with Crippen LogP contribution in [0.3, 0.4) is 0 Å². The van der Waals surface area contributed by atoms with Gasteiger partial charge >= 0.3 is 0 Å². The topological polar surface area (TPSA) is 75.5 Å². The second kappa shape index (κ2) is 7.81. The van der Waals surface area contributed by atoms with Crippen molar-refractivity contribution >= 4 is 29.3 Å². The van der Waals surface area contributed by atoms with Crippen LogP contribution in [0.2, 0.25) is 0 Å². The average Bonchev–Trinajstić information content (AvgIpc) is 3.01. The summed E-state index contributed by atoms with van der Waals surface area (Å²) in [5.41, 5.74) is 5.18. The Balaban J connectivity index is 1.35. The fourth-order valence-electron chi connectivity index (χ4n) is 2.75. The van der Waals surface area contributed by atoms with E-state index >= 15 is 0 Å². The van der Waals surface area contributed by atoms with Crippen LogP contribution in [0.1, 0.15) is 43.6 Å². The van der Waals surface area contributed by atoms with Crippen molar-refractivity contribution in [3.05, 3.63) is 29.7 Å². The Morgan fingerprint density at radius 1 is 1.42 bits per heavy atom. The molecule has 1 aromatic rings. The van der Waals surface area contributed by atoms with Crippen LogP contribution in [0, 0.1) is 5.92 Å². The van der Waals surface area contributed by atoms with E-state index in [1.54, 1.807) is 6.08 Å². The Hall–Kier alpha value is -1.86. The highest BCUT2D eigenvalue weighted by molar-refractivity contribution is 7.80. The lowest BCUT2D eigenvalue weighted by molar-refractivity contribution is -0.116. The summed E-state index contributed by atoms with van der Waals surface area (Å²) in [6.07, 6.45) is 6.56. The molecule has 3 rings (SSSR count). The highest BCUT2D eigenvalue weighted by Crippen LogP contribution is 2.47. The lowest BCUT2D eigenvalue weighted by atomic mass is 10.2. The van der Waals surface area contributed by atoms with E-state index in [9.17, 15) is 4.79 Å². The molecule has 1 aromatic heterocycles. The van der Waals surface area contributed by atoms with Crippen LogP contribution < -0.4 is 16.2 Å². The van der Waals surface area contributed by atoms with Crippen molar-refractivity contribution in [2.24, 2.45) is 5.92 Å². The first-order valence-corrected chi connectivity index (χ1v) is 8.76. The Kier molecular flexibility index (Phi) is 5.52. The van der Waals surface area contributed by atoms with Crippen molar-refractivity contribution in [2.75, 3.05) is 13.2 Å². The molecule has 2 fully saturated rings. The molecule has 24 heavy (non-hydrogen) atoms. The van der Waals surface area contributed by atoms with E-state index in [1.807, 2.05) is 12.1 Å². The van der Waals surface area contributed by atoms with E-state index in [1.165, 1.54) is 12.5 Å². The van der Waals surface area contributed by atoms with Crippen molar-refractivity contribution in [1.29, 1.82) is 0 Å². The minimum Gasteiger partial charge on any atom is -0.461 e. The molecule has 0 spiro atoms. The van der Waals surface area contributed by atoms with Crippen molar-refractivity contribution < 1.29 is 13.9 Å². The van der Waals surface area contributed by atoms with Crippen LogP contribution in [0.4, 0.5) is 0 Å². The molecule has 3 N–H and O–H groups in total. The molecule has 1 saturated carbocycles. The predicted octanol–water partition coefficient (Wildman–Crippen LogP) is 2.09. The van der Waals surface area contributed by atoms with E-state index in [2.05, 4.69) is 23.1 Å². The maximum absolute atomic E-state index is 11.8. The number of hydrogen-bond acceptors (Lipinski definition) is 4. The maximum Gasteiger partial charge on any atom is 0.262 e. The van der Waals surface area contributed by atoms with E-state index in [0.717, 1.165) is 25.2 Å². The summed E-state index contributed by atoms with van der Waals surface area (Å²) >= 11 is 5.10. The first-order valence-electron chi connectivity index (χ1n) is 8.35. The standard InChI is InChI=1S/C17H23N3O3S/c1-11-9-14(11)15-6-4-12(23-15)5-7-16(21)19-20-17(24)18-10-13-3-2-8-22-13/h4-7,11,13-14H,2-3,8-10H2,1H3,(H,19,21)(H2,18,20,24)/b7-5+. The zero-order valence-corrected chi connectivity index (χ0v) is 14.5. The quantitative estimate of drug-likeness (QED) is 0.429. The minimum atomic E-state index is -0.297. The molecule has 2 heterocycles. The zero-order chi connectivity index (χ0) is 16.9. The maximum atomic E-state index is 11.8. The van der Waals surface area contributed by atoms with Crippen molar-refractivity contribution in [3.8, 4) is 0 Å². The number of ether oxygens (including phenoxy) is 1. The molecule has 1 aliphatic heterocycles. The van der Waals surface area contributed by atoms with Gasteiger partial charge in [-0.25, -0.2) is 0 Å². The average molecular weight is 349 g/mol. The summed E-state index contributed by atoms with van der Waals surface area (Å²) in [4.78, 5) is 11.8. The van der Waals surface area contributed by atoms with Gasteiger partial charge in [0, 0.05) is 25.1 Å². The monoisotopic (exact) mass is 349 g/mol. The first kappa shape index (κ1) is 17.0. The summed E-state index contributed by atoms with van der Waals surface area (Å²) in [5.74, 6) is 2.62. The van der Waals surface area contributed by atoms with Gasteiger partial charge in [-0.1, -0.05) is 6.92 Å². The van der Waals surface area contributed by atoms with Crippen LogP contribution in [-0.4, -0.2) is 30.3 Å². The van der Waals surface area contributed by atoms with Gasteiger partial charge in [0.25, 0.3) is 5.91 Å². The number of amides is 1. The lowest BCUT2D eigenvalue weighted by Crippen LogP contribution is -2.47. The normalized spacial score (nSPS) is 25.6. The molecule has 3 atom stereocenters. The van der Waals surface area contributed by atoms with Crippen molar-refractivity contribution in [1.82, 2.24) is 16.2 Å². The van der Waals surface area contributed by atoms with Crippen LogP contribution in [-0.2, 0) is 9.53 Å². The number of thiocarbonyl (C=S) groups is 1. The van der Waals surface area contributed by atoms with Gasteiger partial charge in [-0.2, -0.15) is 0 Å². The molecule has 6 nitrogen and oxygen atoms in total. The fraction of sp³-hybridized carbons (Fsp3) is 0.529. The second-order valence-electron chi connectivity index (χ2n) is 6.35. The molecule has 0 radical (unpaired) electrons. The van der Waals surface area contributed by atoms with Gasteiger partial charge in [0.1, 0.15) is 11.5 Å². The molecule has 2 aliphatic rings. The Bertz CT molecular complexity index is 622. The minimum absolute atomic E-state index is 0.197. The number of furan rings is 1. The Morgan fingerprint density at radius 3 is 2.96 bits per heavy atom. The summed E-state index contributed by atoms with van der Waals surface area (Å²) in [6, 6.07) is 3.86. The number of carbonyl (C=O) groups is 1. The van der Waals surface area contributed by atoms with Crippen LogP contribution in [0.15, 0.2) is 22.6 Å². The molecular weight excluding hydrogens is 326 g/mol. The van der Waals surface area contributed by atoms with E-state index < -0.39 is 0 Å². The highest BCUT2D eigenvalue weighted by Gasteiger charge is 2.36. The molecule has 3 unspecified atom stereocenters. The third-order valence-corrected chi connectivity index (χ3v) is 4.58. The summed E-state index contributed by atoms with van der Waals surface area (Å²) in [7, 11) is 0. The molecule has 0 bridgehead atoms. The number of nitrogens with one attached hydrogen (secondary N) is 3. The van der Waals surface area contributed by atoms with Gasteiger partial charge < -0.3 is 14.5 Å². The van der Waals surface area contributed by atoms with Gasteiger partial charge in [0.05, 0.1) is 6.10 Å². The number of hydrazine groups is 1. The van der Waals surface area contributed by atoms with E-state index in [4.69, 9.17) is 21.4 Å². The molecule has 130 valence electrons. The van der Waals surface area contributed by atoms with Crippen LogP contribution in [0.25, 0.3) is 6.08 Å². The zero-order valence-electron chi connectivity index (χ0n) is 13.7. The highest BCUT2D eigenvalue weighted by atomic mass is 32.1. The lowest BCUT2D eigenvalue weighted by Gasteiger charge is -2.13. The molecule has 1 aliphatic carbocycles. The molecular formula is C17H23N3O3S. The SMILES string of the molecule is CC1CC1c1ccc(/C=C/C(=O)NNC(=S)NCC2CCCO2)o1. The van der Waals surface area contributed by atoms with Gasteiger partial charge in [0.15, 0.2) is 5.11 Å². The largest absolute Gasteiger partial charge is 0.461 e.